The van der Waals surface area contributed by atoms with Crippen molar-refractivity contribution < 1.29 is 4.79 Å². The summed E-state index contributed by atoms with van der Waals surface area (Å²) in [7, 11) is 0. The Hall–Kier alpha value is -1.39. The molecule has 0 saturated carbocycles. The SMILES string of the molecule is CC(=O)Nn1nncc1C. The van der Waals surface area contributed by atoms with Gasteiger partial charge in [-0.2, -0.15) is 4.79 Å². The summed E-state index contributed by atoms with van der Waals surface area (Å²) in [4.78, 5) is 11.8. The van der Waals surface area contributed by atoms with Crippen LogP contribution in [-0.2, 0) is 4.79 Å². The summed E-state index contributed by atoms with van der Waals surface area (Å²) in [5.74, 6) is -0.159. The minimum Gasteiger partial charge on any atom is -0.274 e. The fourth-order valence-electron chi connectivity index (χ4n) is 0.546. The summed E-state index contributed by atoms with van der Waals surface area (Å²) in [6, 6.07) is 0. The van der Waals surface area contributed by atoms with Gasteiger partial charge in [0.15, 0.2) is 0 Å². The summed E-state index contributed by atoms with van der Waals surface area (Å²) in [6.07, 6.45) is 1.57. The van der Waals surface area contributed by atoms with Crippen molar-refractivity contribution in [2.24, 2.45) is 0 Å². The first-order valence-electron chi connectivity index (χ1n) is 2.85. The van der Waals surface area contributed by atoms with Crippen LogP contribution < -0.4 is 5.43 Å². The van der Waals surface area contributed by atoms with Crippen LogP contribution in [0.5, 0.6) is 0 Å². The molecule has 0 unspecified atom stereocenters. The predicted octanol–water partition coefficient (Wildman–Crippen LogP) is -0.323. The Morgan fingerprint density at radius 2 is 2.50 bits per heavy atom. The molecule has 0 radical (unpaired) electrons. The van der Waals surface area contributed by atoms with Gasteiger partial charge < -0.3 is 0 Å². The van der Waals surface area contributed by atoms with Gasteiger partial charge in [0.25, 0.3) is 0 Å². The van der Waals surface area contributed by atoms with Crippen LogP contribution in [0.1, 0.15) is 12.6 Å². The molecule has 0 aromatic carbocycles. The van der Waals surface area contributed by atoms with Crippen molar-refractivity contribution in [1.82, 2.24) is 15.1 Å². The van der Waals surface area contributed by atoms with Gasteiger partial charge in [-0.05, 0) is 12.1 Å². The van der Waals surface area contributed by atoms with Crippen LogP contribution in [0.4, 0.5) is 0 Å². The summed E-state index contributed by atoms with van der Waals surface area (Å²) < 4.78 is 0. The lowest BCUT2D eigenvalue weighted by molar-refractivity contribution is -0.115. The lowest BCUT2D eigenvalue weighted by Crippen LogP contribution is -2.22. The molecule has 0 aliphatic carbocycles. The highest BCUT2D eigenvalue weighted by Gasteiger charge is 1.97. The predicted molar refractivity (Wildman–Crippen MR) is 34.8 cm³/mol. The third-order valence-corrected chi connectivity index (χ3v) is 0.983. The molecule has 5 nitrogen and oxygen atoms in total. The summed E-state index contributed by atoms with van der Waals surface area (Å²) in [5.41, 5.74) is 3.26. The van der Waals surface area contributed by atoms with Gasteiger partial charge in [0.05, 0.1) is 11.9 Å². The van der Waals surface area contributed by atoms with Crippen molar-refractivity contribution in [1.29, 1.82) is 0 Å². The lowest BCUT2D eigenvalue weighted by atomic mass is 10.6. The maximum Gasteiger partial charge on any atom is 0.236 e. The van der Waals surface area contributed by atoms with Crippen molar-refractivity contribution in [3.63, 3.8) is 0 Å². The molecule has 0 atom stereocenters. The smallest absolute Gasteiger partial charge is 0.236 e. The zero-order valence-electron chi connectivity index (χ0n) is 5.83. The van der Waals surface area contributed by atoms with Crippen molar-refractivity contribution >= 4 is 5.91 Å². The van der Waals surface area contributed by atoms with E-state index in [2.05, 4.69) is 15.7 Å². The van der Waals surface area contributed by atoms with Gasteiger partial charge in [-0.1, -0.05) is 0 Å². The van der Waals surface area contributed by atoms with Crippen molar-refractivity contribution in [3.05, 3.63) is 11.9 Å². The average Bonchev–Trinajstić information content (AvgIpc) is 2.15. The second kappa shape index (κ2) is 2.47. The van der Waals surface area contributed by atoms with Crippen molar-refractivity contribution in [3.8, 4) is 0 Å². The molecule has 0 fully saturated rings. The molecule has 0 bridgehead atoms. The number of carbonyl (C=O) groups excluding carboxylic acids is 1. The Labute approximate surface area is 58.0 Å². The van der Waals surface area contributed by atoms with Gasteiger partial charge in [0, 0.05) is 6.92 Å². The van der Waals surface area contributed by atoms with E-state index in [1.54, 1.807) is 13.1 Å². The number of rotatable bonds is 1. The second-order valence-electron chi connectivity index (χ2n) is 1.96. The van der Waals surface area contributed by atoms with E-state index in [1.165, 1.54) is 11.7 Å². The van der Waals surface area contributed by atoms with E-state index < -0.39 is 0 Å². The molecule has 5 heteroatoms. The molecule has 1 heterocycles. The number of aryl methyl sites for hydroxylation is 1. The Morgan fingerprint density at radius 1 is 1.80 bits per heavy atom. The summed E-state index contributed by atoms with van der Waals surface area (Å²) >= 11 is 0. The number of hydrogen-bond donors (Lipinski definition) is 1. The number of amides is 1. The van der Waals surface area contributed by atoms with Gasteiger partial charge in [0.2, 0.25) is 5.91 Å². The first-order chi connectivity index (χ1) is 4.70. The first kappa shape index (κ1) is 6.73. The molecular weight excluding hydrogens is 132 g/mol. The maximum atomic E-state index is 10.5. The number of nitrogens with one attached hydrogen (secondary N) is 1. The zero-order chi connectivity index (χ0) is 7.56. The highest BCUT2D eigenvalue weighted by atomic mass is 16.2. The standard InChI is InChI=1S/C5H8N4O/c1-4-3-6-8-9(4)7-5(2)10/h3H,1-2H3,(H,7,10). The highest BCUT2D eigenvalue weighted by Crippen LogP contribution is 1.87. The molecule has 54 valence electrons. The van der Waals surface area contributed by atoms with Crippen LogP contribution in [0.15, 0.2) is 6.20 Å². The average molecular weight is 140 g/mol. The third kappa shape index (κ3) is 1.31. The van der Waals surface area contributed by atoms with E-state index in [0.717, 1.165) is 5.69 Å². The molecule has 0 spiro atoms. The van der Waals surface area contributed by atoms with E-state index in [-0.39, 0.29) is 5.91 Å². The molecule has 10 heavy (non-hydrogen) atoms. The number of carbonyl (C=O) groups is 1. The van der Waals surface area contributed by atoms with Crippen LogP contribution in [0.3, 0.4) is 0 Å². The van der Waals surface area contributed by atoms with E-state index in [1.807, 2.05) is 0 Å². The first-order valence-corrected chi connectivity index (χ1v) is 2.85. The van der Waals surface area contributed by atoms with Crippen LogP contribution in [-0.4, -0.2) is 21.0 Å². The Balaban J connectivity index is 2.74. The topological polar surface area (TPSA) is 59.8 Å². The normalized spacial score (nSPS) is 9.40. The fraction of sp³-hybridized carbons (Fsp3) is 0.400. The van der Waals surface area contributed by atoms with Crippen LogP contribution in [0.25, 0.3) is 0 Å². The van der Waals surface area contributed by atoms with Gasteiger partial charge in [0.1, 0.15) is 0 Å². The fourth-order valence-corrected chi connectivity index (χ4v) is 0.546. The van der Waals surface area contributed by atoms with E-state index in [4.69, 9.17) is 0 Å². The van der Waals surface area contributed by atoms with Crippen LogP contribution in [0, 0.1) is 6.92 Å². The molecule has 0 saturated heterocycles. The van der Waals surface area contributed by atoms with Gasteiger partial charge >= 0.3 is 0 Å². The molecule has 1 aromatic heterocycles. The molecular formula is C5H8N4O. The van der Waals surface area contributed by atoms with E-state index in [0.29, 0.717) is 0 Å². The lowest BCUT2D eigenvalue weighted by Gasteiger charge is -1.99. The van der Waals surface area contributed by atoms with E-state index >= 15 is 0 Å². The van der Waals surface area contributed by atoms with Gasteiger partial charge in [-0.3, -0.25) is 4.79 Å². The van der Waals surface area contributed by atoms with Crippen LogP contribution in [0.2, 0.25) is 0 Å². The molecule has 0 aliphatic heterocycles. The molecule has 1 rings (SSSR count). The number of aromatic nitrogens is 3. The molecule has 1 aromatic rings. The summed E-state index contributed by atoms with van der Waals surface area (Å²) in [6.45, 7) is 3.22. The molecule has 1 N–H and O–H groups in total. The van der Waals surface area contributed by atoms with Crippen molar-refractivity contribution in [2.45, 2.75) is 13.8 Å². The summed E-state index contributed by atoms with van der Waals surface area (Å²) in [5, 5.41) is 7.16. The van der Waals surface area contributed by atoms with Crippen molar-refractivity contribution in [2.75, 3.05) is 5.43 Å². The Kier molecular flexibility index (Phi) is 1.66. The monoisotopic (exact) mass is 140 g/mol. The molecule has 0 aliphatic rings. The zero-order valence-corrected chi connectivity index (χ0v) is 5.83. The minimum atomic E-state index is -0.159. The quantitative estimate of drug-likeness (QED) is 0.581. The highest BCUT2D eigenvalue weighted by molar-refractivity contribution is 5.80. The largest absolute Gasteiger partial charge is 0.274 e. The number of hydrogen-bond acceptors (Lipinski definition) is 3. The number of nitrogens with zero attached hydrogens (tertiary/aromatic N) is 3. The van der Waals surface area contributed by atoms with Gasteiger partial charge in [-0.15, -0.1) is 5.10 Å². The Morgan fingerprint density at radius 3 is 2.90 bits per heavy atom. The minimum absolute atomic E-state index is 0.159. The van der Waals surface area contributed by atoms with E-state index in [9.17, 15) is 4.79 Å². The third-order valence-electron chi connectivity index (χ3n) is 0.983. The van der Waals surface area contributed by atoms with Crippen LogP contribution >= 0.6 is 0 Å². The maximum absolute atomic E-state index is 10.5. The second-order valence-corrected chi connectivity index (χ2v) is 1.96. The molecule has 1 amide bonds. The van der Waals surface area contributed by atoms with Gasteiger partial charge in [-0.25, -0.2) is 5.43 Å². The Bertz CT molecular complexity index is 242.